The molecule has 1 atom stereocenters. The van der Waals surface area contributed by atoms with Crippen LogP contribution in [0.25, 0.3) is 0 Å². The number of imide groups is 1. The first kappa shape index (κ1) is 20.4. The van der Waals surface area contributed by atoms with Gasteiger partial charge < -0.3 is 19.6 Å². The van der Waals surface area contributed by atoms with Crippen molar-refractivity contribution in [3.8, 4) is 0 Å². The number of methoxy groups -OCH3 is 1. The van der Waals surface area contributed by atoms with Crippen LogP contribution in [-0.2, 0) is 33.5 Å². The molecule has 0 aliphatic carbocycles. The van der Waals surface area contributed by atoms with Gasteiger partial charge in [0.15, 0.2) is 0 Å². The molecule has 0 aromatic carbocycles. The van der Waals surface area contributed by atoms with Gasteiger partial charge in [0.25, 0.3) is 11.8 Å². The van der Waals surface area contributed by atoms with Crippen LogP contribution in [0, 0.1) is 0 Å². The smallest absolute Gasteiger partial charge is 0.408 e. The highest BCUT2D eigenvalue weighted by atomic mass is 16.7. The molecule has 0 bridgehead atoms. The van der Waals surface area contributed by atoms with E-state index in [0.29, 0.717) is 5.06 Å². The Labute approximate surface area is 144 Å². The minimum absolute atomic E-state index is 0.0571. The van der Waals surface area contributed by atoms with Gasteiger partial charge in [-0.05, 0) is 27.2 Å². The van der Waals surface area contributed by atoms with Crippen LogP contribution in [0.1, 0.15) is 46.5 Å². The highest BCUT2D eigenvalue weighted by Crippen LogP contribution is 2.14. The fourth-order valence-corrected chi connectivity index (χ4v) is 1.87. The molecule has 1 unspecified atom stereocenters. The lowest BCUT2D eigenvalue weighted by molar-refractivity contribution is -0.199. The zero-order chi connectivity index (χ0) is 19.2. The summed E-state index contributed by atoms with van der Waals surface area (Å²) in [7, 11) is 1.18. The van der Waals surface area contributed by atoms with E-state index in [1.54, 1.807) is 20.8 Å². The Morgan fingerprint density at radius 2 is 1.72 bits per heavy atom. The summed E-state index contributed by atoms with van der Waals surface area (Å²) >= 11 is 0. The van der Waals surface area contributed by atoms with Crippen LogP contribution in [0.5, 0.6) is 0 Å². The summed E-state index contributed by atoms with van der Waals surface area (Å²) in [6.07, 6.45) is -1.36. The van der Waals surface area contributed by atoms with Crippen molar-refractivity contribution in [3.05, 3.63) is 0 Å². The summed E-state index contributed by atoms with van der Waals surface area (Å²) in [5.41, 5.74) is -0.804. The largest absolute Gasteiger partial charge is 0.469 e. The first-order chi connectivity index (χ1) is 11.5. The molecule has 25 heavy (non-hydrogen) atoms. The van der Waals surface area contributed by atoms with Gasteiger partial charge in [-0.3, -0.25) is 14.4 Å². The molecule has 1 aliphatic rings. The van der Waals surface area contributed by atoms with E-state index in [2.05, 4.69) is 10.1 Å². The number of hydroxylamine groups is 2. The minimum atomic E-state index is -1.30. The standard InChI is InChI=1S/C15H22N2O8/c1-15(2,3)24-14(22)16-9(5-8-12(20)23-4)13(21)25-17-10(18)6-7-11(17)19/h9H,5-8H2,1-4H3,(H,16,22). The Kier molecular flexibility index (Phi) is 6.89. The van der Waals surface area contributed by atoms with Crippen molar-refractivity contribution in [2.45, 2.75) is 58.1 Å². The molecule has 10 nitrogen and oxygen atoms in total. The Morgan fingerprint density at radius 1 is 1.16 bits per heavy atom. The third-order valence-electron chi connectivity index (χ3n) is 3.03. The topological polar surface area (TPSA) is 128 Å². The second kappa shape index (κ2) is 8.45. The molecule has 0 radical (unpaired) electrons. The van der Waals surface area contributed by atoms with Gasteiger partial charge in [-0.2, -0.15) is 0 Å². The van der Waals surface area contributed by atoms with E-state index < -0.39 is 41.5 Å². The summed E-state index contributed by atoms with van der Waals surface area (Å²) in [6, 6.07) is -1.30. The van der Waals surface area contributed by atoms with Crippen LogP contribution < -0.4 is 5.32 Å². The van der Waals surface area contributed by atoms with E-state index in [1.165, 1.54) is 7.11 Å². The monoisotopic (exact) mass is 358 g/mol. The van der Waals surface area contributed by atoms with Gasteiger partial charge in [-0.15, -0.1) is 5.06 Å². The van der Waals surface area contributed by atoms with E-state index in [4.69, 9.17) is 9.57 Å². The zero-order valence-electron chi connectivity index (χ0n) is 14.6. The van der Waals surface area contributed by atoms with Crippen molar-refractivity contribution in [1.29, 1.82) is 0 Å². The SMILES string of the molecule is COC(=O)CCC(NC(=O)OC(C)(C)C)C(=O)ON1C(=O)CCC1=O. The second-order valence-electron chi connectivity index (χ2n) is 6.31. The predicted octanol–water partition coefficient (Wildman–Crippen LogP) is 0.440. The van der Waals surface area contributed by atoms with Crippen LogP contribution in [0.15, 0.2) is 0 Å². The maximum atomic E-state index is 12.2. The fraction of sp³-hybridized carbons (Fsp3) is 0.667. The van der Waals surface area contributed by atoms with Crippen LogP contribution >= 0.6 is 0 Å². The number of hydrogen-bond acceptors (Lipinski definition) is 8. The number of nitrogens with one attached hydrogen (secondary N) is 1. The lowest BCUT2D eigenvalue weighted by Crippen LogP contribution is -2.47. The first-order valence-electron chi connectivity index (χ1n) is 7.67. The van der Waals surface area contributed by atoms with Crippen LogP contribution in [0.4, 0.5) is 4.79 Å². The third kappa shape index (κ3) is 6.77. The van der Waals surface area contributed by atoms with Crippen LogP contribution in [0.2, 0.25) is 0 Å². The van der Waals surface area contributed by atoms with E-state index in [0.717, 1.165) is 0 Å². The van der Waals surface area contributed by atoms with Gasteiger partial charge in [-0.1, -0.05) is 0 Å². The van der Waals surface area contributed by atoms with Crippen molar-refractivity contribution in [3.63, 3.8) is 0 Å². The molecule has 1 aliphatic heterocycles. The molecule has 1 rings (SSSR count). The number of ether oxygens (including phenoxy) is 2. The summed E-state index contributed by atoms with van der Waals surface area (Å²) < 4.78 is 9.52. The summed E-state index contributed by atoms with van der Waals surface area (Å²) in [6.45, 7) is 4.90. The molecule has 1 fully saturated rings. The summed E-state index contributed by atoms with van der Waals surface area (Å²) in [4.78, 5) is 63.1. The summed E-state index contributed by atoms with van der Waals surface area (Å²) in [5.74, 6) is -2.96. The predicted molar refractivity (Wildman–Crippen MR) is 81.6 cm³/mol. The second-order valence-corrected chi connectivity index (χ2v) is 6.31. The number of esters is 1. The highest BCUT2D eigenvalue weighted by molar-refractivity contribution is 6.01. The average molecular weight is 358 g/mol. The van der Waals surface area contributed by atoms with Crippen molar-refractivity contribution in [2.24, 2.45) is 0 Å². The average Bonchev–Trinajstić information content (AvgIpc) is 2.80. The fourth-order valence-electron chi connectivity index (χ4n) is 1.87. The molecule has 10 heteroatoms. The van der Waals surface area contributed by atoms with Crippen molar-refractivity contribution in [2.75, 3.05) is 7.11 Å². The number of hydrogen-bond donors (Lipinski definition) is 1. The van der Waals surface area contributed by atoms with Crippen molar-refractivity contribution in [1.82, 2.24) is 10.4 Å². The van der Waals surface area contributed by atoms with Gasteiger partial charge >= 0.3 is 18.0 Å². The number of carbonyl (C=O) groups excluding carboxylic acids is 5. The molecular weight excluding hydrogens is 336 g/mol. The van der Waals surface area contributed by atoms with Gasteiger partial charge in [-0.25, -0.2) is 9.59 Å². The van der Waals surface area contributed by atoms with E-state index in [1.807, 2.05) is 0 Å². The van der Waals surface area contributed by atoms with E-state index in [-0.39, 0.29) is 25.7 Å². The van der Waals surface area contributed by atoms with Gasteiger partial charge in [0.2, 0.25) is 0 Å². The molecule has 0 saturated carbocycles. The van der Waals surface area contributed by atoms with Gasteiger partial charge in [0, 0.05) is 19.3 Å². The number of carbonyl (C=O) groups is 5. The van der Waals surface area contributed by atoms with Crippen molar-refractivity contribution >= 4 is 29.8 Å². The maximum Gasteiger partial charge on any atom is 0.408 e. The molecular formula is C15H22N2O8. The van der Waals surface area contributed by atoms with Gasteiger partial charge in [0.1, 0.15) is 11.6 Å². The Bertz CT molecular complexity index is 550. The minimum Gasteiger partial charge on any atom is -0.469 e. The maximum absolute atomic E-state index is 12.2. The molecule has 1 N–H and O–H groups in total. The normalized spacial score (nSPS) is 15.6. The first-order valence-corrected chi connectivity index (χ1v) is 7.67. The van der Waals surface area contributed by atoms with E-state index >= 15 is 0 Å². The molecule has 0 spiro atoms. The lowest BCUT2D eigenvalue weighted by Gasteiger charge is -2.23. The molecule has 0 aromatic rings. The molecule has 140 valence electrons. The number of rotatable bonds is 6. The van der Waals surface area contributed by atoms with E-state index in [9.17, 15) is 24.0 Å². The number of nitrogens with zero attached hydrogens (tertiary/aromatic N) is 1. The Balaban J connectivity index is 2.76. The summed E-state index contributed by atoms with van der Waals surface area (Å²) in [5, 5.41) is 2.63. The van der Waals surface area contributed by atoms with Gasteiger partial charge in [0.05, 0.1) is 7.11 Å². The number of alkyl carbamates (subject to hydrolysis) is 1. The van der Waals surface area contributed by atoms with Crippen LogP contribution in [-0.4, -0.2) is 53.7 Å². The Morgan fingerprint density at radius 3 is 2.20 bits per heavy atom. The quantitative estimate of drug-likeness (QED) is 0.535. The third-order valence-corrected chi connectivity index (χ3v) is 3.03. The number of amides is 3. The zero-order valence-corrected chi connectivity index (χ0v) is 14.6. The molecule has 0 aromatic heterocycles. The molecule has 1 saturated heterocycles. The van der Waals surface area contributed by atoms with Crippen LogP contribution in [0.3, 0.4) is 0 Å². The lowest BCUT2D eigenvalue weighted by atomic mass is 10.1. The Hall–Kier alpha value is -2.65. The van der Waals surface area contributed by atoms with Crippen molar-refractivity contribution < 1.29 is 38.3 Å². The molecule has 1 heterocycles. The highest BCUT2D eigenvalue weighted by Gasteiger charge is 2.36. The molecule has 3 amide bonds.